The third-order valence-corrected chi connectivity index (χ3v) is 3.83. The smallest absolute Gasteiger partial charge is 0.217 e. The molecule has 0 aromatic carbocycles. The summed E-state index contributed by atoms with van der Waals surface area (Å²) in [4.78, 5) is 17.7. The normalized spacial score (nSPS) is 19.6. The first-order valence-corrected chi connectivity index (χ1v) is 7.90. The lowest BCUT2D eigenvalue weighted by Crippen LogP contribution is -2.47. The number of carbonyl (C=O) groups excluding carboxylic acids is 1. The van der Waals surface area contributed by atoms with Crippen LogP contribution < -0.4 is 11.1 Å². The second-order valence-corrected chi connectivity index (χ2v) is 5.65. The lowest BCUT2D eigenvalue weighted by molar-refractivity contribution is -0.119. The quantitative estimate of drug-likeness (QED) is 0.397. The van der Waals surface area contributed by atoms with Crippen molar-refractivity contribution in [3.8, 4) is 0 Å². The molecular formula is C15H30N4O2. The van der Waals surface area contributed by atoms with Gasteiger partial charge in [0.15, 0.2) is 5.96 Å². The maximum Gasteiger partial charge on any atom is 0.217 e. The van der Waals surface area contributed by atoms with Gasteiger partial charge in [-0.1, -0.05) is 0 Å². The topological polar surface area (TPSA) is 80.0 Å². The van der Waals surface area contributed by atoms with Crippen LogP contribution in [-0.4, -0.2) is 57.2 Å². The molecule has 6 nitrogen and oxygen atoms in total. The Morgan fingerprint density at radius 2 is 2.24 bits per heavy atom. The first-order valence-electron chi connectivity index (χ1n) is 7.90. The Hall–Kier alpha value is -1.30. The van der Waals surface area contributed by atoms with Crippen LogP contribution in [0.1, 0.15) is 38.5 Å². The number of primary amides is 1. The zero-order valence-corrected chi connectivity index (χ0v) is 13.4. The van der Waals surface area contributed by atoms with Crippen LogP contribution in [0, 0.1) is 5.92 Å². The van der Waals surface area contributed by atoms with E-state index in [4.69, 9.17) is 10.5 Å². The van der Waals surface area contributed by atoms with Crippen LogP contribution in [0.4, 0.5) is 0 Å². The van der Waals surface area contributed by atoms with Gasteiger partial charge in [-0.3, -0.25) is 9.79 Å². The summed E-state index contributed by atoms with van der Waals surface area (Å²) in [5, 5.41) is 3.41. The number of nitrogens with one attached hydrogen (secondary N) is 1. The molecule has 0 saturated carbocycles. The van der Waals surface area contributed by atoms with Gasteiger partial charge in [0.1, 0.15) is 0 Å². The van der Waals surface area contributed by atoms with E-state index in [0.717, 1.165) is 64.3 Å². The summed E-state index contributed by atoms with van der Waals surface area (Å²) in [6, 6.07) is 0. The van der Waals surface area contributed by atoms with Gasteiger partial charge >= 0.3 is 0 Å². The molecule has 6 heteroatoms. The van der Waals surface area contributed by atoms with E-state index in [-0.39, 0.29) is 5.91 Å². The van der Waals surface area contributed by atoms with Gasteiger partial charge in [-0.05, 0) is 38.0 Å². The molecule has 122 valence electrons. The minimum atomic E-state index is -0.206. The van der Waals surface area contributed by atoms with Crippen LogP contribution >= 0.6 is 0 Å². The second kappa shape index (κ2) is 10.4. The lowest BCUT2D eigenvalue weighted by atomic mass is 9.95. The van der Waals surface area contributed by atoms with Crippen molar-refractivity contribution in [3.05, 3.63) is 0 Å². The maximum absolute atomic E-state index is 11.1. The van der Waals surface area contributed by atoms with Gasteiger partial charge in [-0.25, -0.2) is 0 Å². The van der Waals surface area contributed by atoms with Gasteiger partial charge in [0.2, 0.25) is 5.91 Å². The lowest BCUT2D eigenvalue weighted by Gasteiger charge is -2.34. The minimum absolute atomic E-state index is 0.206. The number of nitrogens with zero attached hydrogens (tertiary/aromatic N) is 2. The summed E-state index contributed by atoms with van der Waals surface area (Å²) >= 11 is 0. The van der Waals surface area contributed by atoms with Crippen molar-refractivity contribution in [1.29, 1.82) is 0 Å². The summed E-state index contributed by atoms with van der Waals surface area (Å²) < 4.78 is 5.04. The minimum Gasteiger partial charge on any atom is -0.385 e. The van der Waals surface area contributed by atoms with Gasteiger partial charge in [-0.15, -0.1) is 0 Å². The molecule has 1 fully saturated rings. The van der Waals surface area contributed by atoms with Crippen molar-refractivity contribution in [1.82, 2.24) is 10.2 Å². The number of aliphatic imine (C=N–C) groups is 1. The summed E-state index contributed by atoms with van der Waals surface area (Å²) in [5.41, 5.74) is 5.30. The van der Waals surface area contributed by atoms with Crippen molar-refractivity contribution in [2.45, 2.75) is 38.5 Å². The van der Waals surface area contributed by atoms with E-state index in [1.54, 1.807) is 7.11 Å². The molecule has 1 unspecified atom stereocenters. The molecule has 0 aromatic rings. The van der Waals surface area contributed by atoms with Gasteiger partial charge in [0.25, 0.3) is 0 Å². The third-order valence-electron chi connectivity index (χ3n) is 3.83. The number of rotatable bonds is 8. The first-order chi connectivity index (χ1) is 10.2. The number of carbonyl (C=O) groups is 1. The van der Waals surface area contributed by atoms with Gasteiger partial charge in [0, 0.05) is 46.8 Å². The predicted octanol–water partition coefficient (Wildman–Crippen LogP) is 0.966. The highest BCUT2D eigenvalue weighted by Crippen LogP contribution is 2.19. The van der Waals surface area contributed by atoms with Gasteiger partial charge < -0.3 is 20.7 Å². The fraction of sp³-hybridized carbons (Fsp3) is 0.867. The molecule has 0 aliphatic carbocycles. The van der Waals surface area contributed by atoms with Crippen molar-refractivity contribution in [3.63, 3.8) is 0 Å². The molecule has 1 aliphatic heterocycles. The van der Waals surface area contributed by atoms with E-state index < -0.39 is 0 Å². The maximum atomic E-state index is 11.1. The highest BCUT2D eigenvalue weighted by Gasteiger charge is 2.23. The summed E-state index contributed by atoms with van der Waals surface area (Å²) in [5.74, 6) is 1.09. The number of likely N-dealkylation sites (tertiary alicyclic amines) is 1. The number of hydrogen-bond donors (Lipinski definition) is 2. The van der Waals surface area contributed by atoms with E-state index in [1.807, 2.05) is 7.05 Å². The number of piperidine rings is 1. The molecule has 1 amide bonds. The van der Waals surface area contributed by atoms with E-state index in [0.29, 0.717) is 12.3 Å². The number of nitrogens with two attached hydrogens (primary N) is 1. The van der Waals surface area contributed by atoms with E-state index in [2.05, 4.69) is 15.2 Å². The van der Waals surface area contributed by atoms with E-state index in [1.165, 1.54) is 0 Å². The number of ether oxygens (including phenoxy) is 1. The summed E-state index contributed by atoms with van der Waals surface area (Å²) in [6.45, 7) is 3.62. The fourth-order valence-corrected chi connectivity index (χ4v) is 2.79. The fourth-order valence-electron chi connectivity index (χ4n) is 2.79. The van der Waals surface area contributed by atoms with Crippen LogP contribution in [0.3, 0.4) is 0 Å². The molecule has 0 aromatic heterocycles. The van der Waals surface area contributed by atoms with Crippen LogP contribution in [0.15, 0.2) is 4.99 Å². The van der Waals surface area contributed by atoms with Crippen LogP contribution in [0.2, 0.25) is 0 Å². The monoisotopic (exact) mass is 298 g/mol. The molecule has 1 aliphatic rings. The van der Waals surface area contributed by atoms with Crippen LogP contribution in [0.25, 0.3) is 0 Å². The molecule has 0 spiro atoms. The Bertz CT molecular complexity index is 334. The summed E-state index contributed by atoms with van der Waals surface area (Å²) in [7, 11) is 3.55. The number of hydrogen-bond acceptors (Lipinski definition) is 3. The second-order valence-electron chi connectivity index (χ2n) is 5.65. The van der Waals surface area contributed by atoms with Crippen molar-refractivity contribution < 1.29 is 9.53 Å². The number of methoxy groups -OCH3 is 1. The zero-order valence-electron chi connectivity index (χ0n) is 13.4. The number of amides is 1. The Labute approximate surface area is 128 Å². The largest absolute Gasteiger partial charge is 0.385 e. The molecule has 0 bridgehead atoms. The highest BCUT2D eigenvalue weighted by molar-refractivity contribution is 5.80. The number of unbranched alkanes of at least 4 members (excludes halogenated alkanes) is 2. The third kappa shape index (κ3) is 7.32. The molecule has 1 saturated heterocycles. The van der Waals surface area contributed by atoms with Crippen molar-refractivity contribution >= 4 is 11.9 Å². The van der Waals surface area contributed by atoms with Gasteiger partial charge in [0.05, 0.1) is 0 Å². The molecule has 0 radical (unpaired) electrons. The van der Waals surface area contributed by atoms with Crippen LogP contribution in [-0.2, 0) is 9.53 Å². The average Bonchev–Trinajstić information content (AvgIpc) is 2.46. The predicted molar refractivity (Wildman–Crippen MR) is 85.2 cm³/mol. The first kappa shape index (κ1) is 17.8. The zero-order chi connectivity index (χ0) is 15.5. The molecule has 1 atom stereocenters. The van der Waals surface area contributed by atoms with Gasteiger partial charge in [-0.2, -0.15) is 0 Å². The molecular weight excluding hydrogens is 268 g/mol. The molecule has 3 N–H and O–H groups in total. The Kier molecular flexibility index (Phi) is 8.82. The van der Waals surface area contributed by atoms with Crippen molar-refractivity contribution in [2.24, 2.45) is 16.6 Å². The SMILES string of the molecule is CN=C(NCCCCCOC)N1CCCC(CC(N)=O)C1. The molecule has 21 heavy (non-hydrogen) atoms. The van der Waals surface area contributed by atoms with E-state index >= 15 is 0 Å². The van der Waals surface area contributed by atoms with Crippen molar-refractivity contribution in [2.75, 3.05) is 40.4 Å². The average molecular weight is 298 g/mol. The Balaban J connectivity index is 2.29. The van der Waals surface area contributed by atoms with E-state index in [9.17, 15) is 4.79 Å². The highest BCUT2D eigenvalue weighted by atomic mass is 16.5. The number of guanidine groups is 1. The summed E-state index contributed by atoms with van der Waals surface area (Å²) in [6.07, 6.45) is 6.01. The van der Waals surface area contributed by atoms with Crippen LogP contribution in [0.5, 0.6) is 0 Å². The molecule has 1 heterocycles. The Morgan fingerprint density at radius 1 is 1.43 bits per heavy atom. The molecule has 1 rings (SSSR count). The Morgan fingerprint density at radius 3 is 2.90 bits per heavy atom. The standard InChI is InChI=1S/C15H30N4O2/c1-17-15(18-8-4-3-5-10-21-2)19-9-6-7-13(12-19)11-14(16)20/h13H,3-12H2,1-2H3,(H2,16,20)(H,17,18).